The number of hydrogen-bond donors (Lipinski definition) is 1. The highest BCUT2D eigenvalue weighted by atomic mass is 16.6. The smallest absolute Gasteiger partial charge is 0.407 e. The van der Waals surface area contributed by atoms with Gasteiger partial charge in [-0.15, -0.1) is 0 Å². The van der Waals surface area contributed by atoms with Crippen LogP contribution in [0.3, 0.4) is 0 Å². The maximum Gasteiger partial charge on any atom is 0.407 e. The number of likely N-dealkylation sites (N-methyl/N-ethyl adjacent to an activating group) is 3. The van der Waals surface area contributed by atoms with Crippen LogP contribution in [-0.2, 0) is 40.0 Å². The van der Waals surface area contributed by atoms with Crippen LogP contribution in [0.1, 0.15) is 98.3 Å². The Balaban J connectivity index is 1.60. The molecule has 3 aromatic carbocycles. The van der Waals surface area contributed by atoms with E-state index in [0.717, 1.165) is 27.8 Å². The van der Waals surface area contributed by atoms with Gasteiger partial charge >= 0.3 is 12.1 Å². The van der Waals surface area contributed by atoms with Gasteiger partial charge in [0.1, 0.15) is 36.4 Å². The van der Waals surface area contributed by atoms with Gasteiger partial charge in [0.25, 0.3) is 0 Å². The number of carbonyl (C=O) groups is 5. The van der Waals surface area contributed by atoms with E-state index in [2.05, 4.69) is 17.4 Å². The number of ether oxygens (including phenoxy) is 3. The number of benzene rings is 3. The molecule has 1 aliphatic rings. The third-order valence-corrected chi connectivity index (χ3v) is 11.6. The number of alkyl carbamates (subject to hydrolysis) is 1. The van der Waals surface area contributed by atoms with E-state index in [4.69, 9.17) is 14.2 Å². The fourth-order valence-corrected chi connectivity index (χ4v) is 8.16. The predicted octanol–water partition coefficient (Wildman–Crippen LogP) is 7.68. The lowest BCUT2D eigenvalue weighted by atomic mass is 9.94. The van der Waals surface area contributed by atoms with Crippen LogP contribution in [0, 0.1) is 17.8 Å². The molecule has 0 radical (unpaired) electrons. The van der Waals surface area contributed by atoms with Crippen molar-refractivity contribution in [2.75, 3.05) is 27.7 Å². The minimum absolute atomic E-state index is 0.0653. The molecule has 1 aliphatic carbocycles. The fourth-order valence-electron chi connectivity index (χ4n) is 8.16. The van der Waals surface area contributed by atoms with Crippen molar-refractivity contribution in [1.82, 2.24) is 20.0 Å². The molecular weight excluding hydrogens is 773 g/mol. The molecule has 12 heteroatoms. The van der Waals surface area contributed by atoms with Gasteiger partial charge in [0, 0.05) is 27.1 Å². The molecule has 0 aliphatic heterocycles. The molecule has 6 atom stereocenters. The first-order chi connectivity index (χ1) is 28.7. The van der Waals surface area contributed by atoms with Crippen LogP contribution in [0.25, 0.3) is 11.1 Å². The summed E-state index contributed by atoms with van der Waals surface area (Å²) in [6.07, 6.45) is -1.01. The Hall–Kier alpha value is -5.23. The molecule has 0 bridgehead atoms. The standard InChI is InChI=1S/C49H68N4O8/c1-14-32(6)42(47(57)61-49(8,9)10)52(12)45(55)41(31(4)5)51(11)46(56)43(33(7)59-28-34-22-16-15-17-23-34)53(13)44(54)40(30(2)3)50-48(58)60-29-39-37-26-20-18-24-35(37)36-25-19-21-27-38(36)39/h15-27,30-33,39-43H,14,28-29H2,1-13H3,(H,50,58)/t32-,33+,40-,41-,42-,43-/m0/s1. The molecule has 0 heterocycles. The first-order valence-corrected chi connectivity index (χ1v) is 21.5. The summed E-state index contributed by atoms with van der Waals surface area (Å²) >= 11 is 0. The Morgan fingerprint density at radius 2 is 1.15 bits per heavy atom. The highest BCUT2D eigenvalue weighted by Gasteiger charge is 2.44. The predicted molar refractivity (Wildman–Crippen MR) is 237 cm³/mol. The molecule has 12 nitrogen and oxygen atoms in total. The molecule has 1 N–H and O–H groups in total. The SMILES string of the molecule is CC[C@H](C)[C@@H](C(=O)OC(C)(C)C)N(C)C(=O)[C@H](C(C)C)N(C)C(=O)[C@H]([C@@H](C)OCc1ccccc1)N(C)C(=O)[C@@H](NC(=O)OCC1c2ccccc2-c2ccccc21)C(C)C. The van der Waals surface area contributed by atoms with Crippen LogP contribution in [0.2, 0.25) is 0 Å². The van der Waals surface area contributed by atoms with Gasteiger partial charge in [-0.3, -0.25) is 14.4 Å². The van der Waals surface area contributed by atoms with Crippen molar-refractivity contribution in [2.24, 2.45) is 17.8 Å². The highest BCUT2D eigenvalue weighted by Crippen LogP contribution is 2.44. The Kier molecular flexibility index (Phi) is 16.7. The zero-order valence-corrected chi connectivity index (χ0v) is 38.4. The van der Waals surface area contributed by atoms with Crippen LogP contribution in [0.4, 0.5) is 4.79 Å². The van der Waals surface area contributed by atoms with Crippen LogP contribution in [0.5, 0.6) is 0 Å². The number of nitrogens with one attached hydrogen (secondary N) is 1. The van der Waals surface area contributed by atoms with E-state index in [0.29, 0.717) is 6.42 Å². The molecular formula is C49H68N4O8. The van der Waals surface area contributed by atoms with Gasteiger partial charge in [0.15, 0.2) is 0 Å². The molecule has 0 unspecified atom stereocenters. The topological polar surface area (TPSA) is 135 Å². The van der Waals surface area contributed by atoms with E-state index in [1.807, 2.05) is 94.4 Å². The first-order valence-electron chi connectivity index (χ1n) is 21.5. The van der Waals surface area contributed by atoms with Crippen LogP contribution >= 0.6 is 0 Å². The highest BCUT2D eigenvalue weighted by molar-refractivity contribution is 5.95. The zero-order valence-electron chi connectivity index (χ0n) is 38.4. The summed E-state index contributed by atoms with van der Waals surface area (Å²) in [5.41, 5.74) is 4.42. The number of esters is 1. The number of nitrogens with zero attached hydrogens (tertiary/aromatic N) is 3. The van der Waals surface area contributed by atoms with E-state index in [1.54, 1.807) is 48.6 Å². The van der Waals surface area contributed by atoms with Gasteiger partial charge in [-0.05, 0) is 73.3 Å². The van der Waals surface area contributed by atoms with Gasteiger partial charge < -0.3 is 34.2 Å². The second-order valence-corrected chi connectivity index (χ2v) is 18.0. The average molecular weight is 841 g/mol. The summed E-state index contributed by atoms with van der Waals surface area (Å²) < 4.78 is 17.9. The van der Waals surface area contributed by atoms with Gasteiger partial charge in [-0.1, -0.05) is 127 Å². The second kappa shape index (κ2) is 21.0. The molecule has 0 spiro atoms. The van der Waals surface area contributed by atoms with Gasteiger partial charge in [0.2, 0.25) is 17.7 Å². The van der Waals surface area contributed by atoms with Gasteiger partial charge in [-0.2, -0.15) is 0 Å². The van der Waals surface area contributed by atoms with Crippen molar-refractivity contribution in [3.63, 3.8) is 0 Å². The van der Waals surface area contributed by atoms with Crippen molar-refractivity contribution in [3.05, 3.63) is 95.6 Å². The number of carbonyl (C=O) groups excluding carboxylic acids is 5. The maximum atomic E-state index is 14.9. The summed E-state index contributed by atoms with van der Waals surface area (Å²) in [6, 6.07) is 21.4. The lowest BCUT2D eigenvalue weighted by Crippen LogP contribution is -2.63. The van der Waals surface area contributed by atoms with E-state index >= 15 is 0 Å². The first kappa shape index (κ1) is 48.4. The lowest BCUT2D eigenvalue weighted by Gasteiger charge is -2.41. The summed E-state index contributed by atoms with van der Waals surface area (Å²) in [4.78, 5) is 75.2. The van der Waals surface area contributed by atoms with Gasteiger partial charge in [-0.25, -0.2) is 9.59 Å². The van der Waals surface area contributed by atoms with Crippen molar-refractivity contribution in [1.29, 1.82) is 0 Å². The molecule has 332 valence electrons. The molecule has 61 heavy (non-hydrogen) atoms. The quantitative estimate of drug-likeness (QED) is 0.129. The van der Waals surface area contributed by atoms with E-state index in [1.165, 1.54) is 28.8 Å². The van der Waals surface area contributed by atoms with Crippen molar-refractivity contribution < 1.29 is 38.2 Å². The summed E-state index contributed by atoms with van der Waals surface area (Å²) in [6.45, 7) is 18.4. The summed E-state index contributed by atoms with van der Waals surface area (Å²) in [5, 5.41) is 2.80. The third kappa shape index (κ3) is 11.8. The minimum Gasteiger partial charge on any atom is -0.458 e. The monoisotopic (exact) mass is 841 g/mol. The molecule has 0 saturated heterocycles. The summed E-state index contributed by atoms with van der Waals surface area (Å²) in [7, 11) is 4.61. The maximum absolute atomic E-state index is 14.9. The van der Waals surface area contributed by atoms with Crippen LogP contribution in [-0.4, -0.2) is 108 Å². The third-order valence-electron chi connectivity index (χ3n) is 11.6. The fraction of sp³-hybridized carbons (Fsp3) is 0.531. The Labute approximate surface area is 363 Å². The Morgan fingerprint density at radius 1 is 0.656 bits per heavy atom. The van der Waals surface area contributed by atoms with Gasteiger partial charge in [0.05, 0.1) is 12.7 Å². The van der Waals surface area contributed by atoms with Crippen molar-refractivity contribution >= 4 is 29.8 Å². The molecule has 4 amide bonds. The molecule has 0 aromatic heterocycles. The van der Waals surface area contributed by atoms with E-state index in [-0.39, 0.29) is 31.0 Å². The van der Waals surface area contributed by atoms with E-state index in [9.17, 15) is 24.0 Å². The Bertz CT molecular complexity index is 1930. The van der Waals surface area contributed by atoms with Crippen LogP contribution < -0.4 is 5.32 Å². The largest absolute Gasteiger partial charge is 0.458 e. The second-order valence-electron chi connectivity index (χ2n) is 18.0. The minimum atomic E-state index is -1.22. The number of amides is 4. The summed E-state index contributed by atoms with van der Waals surface area (Å²) in [5.74, 6) is -3.23. The molecule has 3 aromatic rings. The number of hydrogen-bond acceptors (Lipinski definition) is 8. The number of fused-ring (bicyclic) bond motifs is 3. The average Bonchev–Trinajstić information content (AvgIpc) is 3.53. The molecule has 0 saturated carbocycles. The van der Waals surface area contributed by atoms with Crippen molar-refractivity contribution in [3.8, 4) is 11.1 Å². The molecule has 4 rings (SSSR count). The molecule has 0 fully saturated rings. The lowest BCUT2D eigenvalue weighted by molar-refractivity contribution is -0.168. The van der Waals surface area contributed by atoms with E-state index < -0.39 is 71.6 Å². The van der Waals surface area contributed by atoms with Crippen molar-refractivity contribution in [2.45, 2.75) is 124 Å². The van der Waals surface area contributed by atoms with Crippen LogP contribution in [0.15, 0.2) is 78.9 Å². The normalized spacial score (nSPS) is 15.4. The zero-order chi connectivity index (χ0) is 45.3. The number of rotatable bonds is 18. The Morgan fingerprint density at radius 3 is 1.66 bits per heavy atom.